The molecule has 0 spiro atoms. The zero-order chi connectivity index (χ0) is 18.0. The summed E-state index contributed by atoms with van der Waals surface area (Å²) in [5.74, 6) is -0.192. The van der Waals surface area contributed by atoms with Gasteiger partial charge in [-0.3, -0.25) is 0 Å². The van der Waals surface area contributed by atoms with E-state index in [0.717, 1.165) is 5.56 Å². The van der Waals surface area contributed by atoms with E-state index in [0.29, 0.717) is 27.5 Å². The second-order valence-electron chi connectivity index (χ2n) is 5.36. The Labute approximate surface area is 148 Å². The highest BCUT2D eigenvalue weighted by Gasteiger charge is 2.15. The Hall–Kier alpha value is -2.92. The van der Waals surface area contributed by atoms with Crippen LogP contribution < -0.4 is 4.74 Å². The second kappa shape index (κ2) is 6.91. The van der Waals surface area contributed by atoms with Crippen molar-refractivity contribution in [1.29, 1.82) is 0 Å². The third kappa shape index (κ3) is 3.78. The summed E-state index contributed by atoms with van der Waals surface area (Å²) < 4.78 is 18.1. The minimum absolute atomic E-state index is 0.173. The molecule has 0 bridgehead atoms. The summed E-state index contributed by atoms with van der Waals surface area (Å²) in [5, 5.41) is 9.56. The molecule has 0 aliphatic rings. The van der Waals surface area contributed by atoms with E-state index in [1.165, 1.54) is 18.2 Å². The van der Waals surface area contributed by atoms with Gasteiger partial charge >= 0.3 is 6.16 Å². The van der Waals surface area contributed by atoms with Crippen molar-refractivity contribution in [2.75, 3.05) is 0 Å². The van der Waals surface area contributed by atoms with Gasteiger partial charge in [0, 0.05) is 27.8 Å². The normalized spacial score (nSPS) is 10.5. The van der Waals surface area contributed by atoms with Crippen LogP contribution in [0.3, 0.4) is 0 Å². The fourth-order valence-corrected chi connectivity index (χ4v) is 2.57. The Bertz CT molecular complexity index is 925. The number of aromatic nitrogens is 1. The highest BCUT2D eigenvalue weighted by atomic mass is 35.5. The number of pyridine rings is 1. The van der Waals surface area contributed by atoms with Gasteiger partial charge in [-0.25, -0.2) is 14.2 Å². The summed E-state index contributed by atoms with van der Waals surface area (Å²) >= 11 is 5.92. The van der Waals surface area contributed by atoms with Crippen LogP contribution in [0.25, 0.3) is 22.5 Å². The summed E-state index contributed by atoms with van der Waals surface area (Å²) in [6, 6.07) is 14.3. The molecule has 0 atom stereocenters. The van der Waals surface area contributed by atoms with Crippen LogP contribution in [-0.4, -0.2) is 16.2 Å². The SMILES string of the molecule is Cc1c(OC(=O)O)cc(-c2ccc(F)cc2)nc1-c1ccc(Cl)cc1. The van der Waals surface area contributed by atoms with E-state index < -0.39 is 6.16 Å². The van der Waals surface area contributed by atoms with Crippen molar-refractivity contribution >= 4 is 17.8 Å². The zero-order valence-corrected chi connectivity index (χ0v) is 13.9. The van der Waals surface area contributed by atoms with Gasteiger partial charge in [0.15, 0.2) is 0 Å². The molecule has 0 saturated carbocycles. The van der Waals surface area contributed by atoms with Gasteiger partial charge in [0.1, 0.15) is 11.6 Å². The zero-order valence-electron chi connectivity index (χ0n) is 13.2. The molecule has 2 aromatic carbocycles. The monoisotopic (exact) mass is 357 g/mol. The van der Waals surface area contributed by atoms with Crippen molar-refractivity contribution in [3.8, 4) is 28.3 Å². The Balaban J connectivity index is 2.18. The Kier molecular flexibility index (Phi) is 4.67. The van der Waals surface area contributed by atoms with Crippen LogP contribution in [-0.2, 0) is 0 Å². The van der Waals surface area contributed by atoms with Crippen LogP contribution in [0.2, 0.25) is 5.02 Å². The molecule has 3 aromatic rings. The predicted octanol–water partition coefficient (Wildman–Crippen LogP) is 5.57. The summed E-state index contributed by atoms with van der Waals surface area (Å²) in [4.78, 5) is 15.6. The summed E-state index contributed by atoms with van der Waals surface area (Å²) in [6.07, 6.45) is -1.42. The van der Waals surface area contributed by atoms with E-state index in [1.54, 1.807) is 43.3 Å². The third-order valence-electron chi connectivity index (χ3n) is 3.68. The molecule has 25 heavy (non-hydrogen) atoms. The molecule has 1 N–H and O–H groups in total. The lowest BCUT2D eigenvalue weighted by Gasteiger charge is -2.13. The van der Waals surface area contributed by atoms with Crippen molar-refractivity contribution in [2.24, 2.45) is 0 Å². The van der Waals surface area contributed by atoms with E-state index in [9.17, 15) is 9.18 Å². The van der Waals surface area contributed by atoms with Gasteiger partial charge in [0.25, 0.3) is 0 Å². The van der Waals surface area contributed by atoms with Gasteiger partial charge in [-0.15, -0.1) is 0 Å². The molecule has 0 unspecified atom stereocenters. The highest BCUT2D eigenvalue weighted by molar-refractivity contribution is 6.30. The average Bonchev–Trinajstić information content (AvgIpc) is 2.58. The quantitative estimate of drug-likeness (QED) is 0.622. The molecule has 0 fully saturated rings. The molecule has 3 rings (SSSR count). The number of ether oxygens (including phenoxy) is 1. The largest absolute Gasteiger partial charge is 0.511 e. The Morgan fingerprint density at radius 3 is 2.28 bits per heavy atom. The predicted molar refractivity (Wildman–Crippen MR) is 93.5 cm³/mol. The lowest BCUT2D eigenvalue weighted by Crippen LogP contribution is -2.06. The van der Waals surface area contributed by atoms with Crippen LogP contribution in [0.15, 0.2) is 54.6 Å². The second-order valence-corrected chi connectivity index (χ2v) is 5.80. The fourth-order valence-electron chi connectivity index (χ4n) is 2.44. The highest BCUT2D eigenvalue weighted by Crippen LogP contribution is 2.33. The van der Waals surface area contributed by atoms with Gasteiger partial charge in [-0.05, 0) is 43.3 Å². The van der Waals surface area contributed by atoms with E-state index in [-0.39, 0.29) is 11.6 Å². The van der Waals surface area contributed by atoms with Gasteiger partial charge in [0.05, 0.1) is 11.4 Å². The number of nitrogens with zero attached hydrogens (tertiary/aromatic N) is 1. The molecular formula is C19H13ClFNO3. The van der Waals surface area contributed by atoms with Crippen LogP contribution in [0.4, 0.5) is 9.18 Å². The first kappa shape index (κ1) is 16.9. The third-order valence-corrected chi connectivity index (χ3v) is 3.93. The van der Waals surface area contributed by atoms with Gasteiger partial charge in [-0.1, -0.05) is 23.7 Å². The minimum Gasteiger partial charge on any atom is -0.449 e. The van der Waals surface area contributed by atoms with Gasteiger partial charge in [0.2, 0.25) is 0 Å². The molecule has 0 saturated heterocycles. The molecule has 0 aliphatic carbocycles. The van der Waals surface area contributed by atoms with Crippen molar-refractivity contribution < 1.29 is 19.0 Å². The average molecular weight is 358 g/mol. The molecule has 4 nitrogen and oxygen atoms in total. The van der Waals surface area contributed by atoms with Crippen molar-refractivity contribution in [1.82, 2.24) is 4.98 Å². The summed E-state index contributed by atoms with van der Waals surface area (Å²) in [5.41, 5.74) is 3.03. The topological polar surface area (TPSA) is 59.4 Å². The minimum atomic E-state index is -1.42. The first-order valence-corrected chi connectivity index (χ1v) is 7.76. The van der Waals surface area contributed by atoms with Gasteiger partial charge in [-0.2, -0.15) is 0 Å². The maximum absolute atomic E-state index is 13.2. The fraction of sp³-hybridized carbons (Fsp3) is 0.0526. The molecule has 0 aliphatic heterocycles. The van der Waals surface area contributed by atoms with Crippen molar-refractivity contribution in [3.05, 3.63) is 71.0 Å². The van der Waals surface area contributed by atoms with Crippen LogP contribution in [0.5, 0.6) is 5.75 Å². The molecule has 1 heterocycles. The van der Waals surface area contributed by atoms with E-state index >= 15 is 0 Å². The number of carbonyl (C=O) groups is 1. The standard InChI is InChI=1S/C19H13ClFNO3/c1-11-17(25-19(23)24)10-16(12-4-8-15(21)9-5-12)22-18(11)13-2-6-14(20)7-3-13/h2-10H,1H3,(H,23,24). The summed E-state index contributed by atoms with van der Waals surface area (Å²) in [7, 11) is 0. The number of carboxylic acid groups (broad SMARTS) is 1. The maximum Gasteiger partial charge on any atom is 0.511 e. The van der Waals surface area contributed by atoms with E-state index in [2.05, 4.69) is 4.98 Å². The Morgan fingerprint density at radius 1 is 1.08 bits per heavy atom. The molecule has 126 valence electrons. The number of rotatable bonds is 3. The number of hydrogen-bond donors (Lipinski definition) is 1. The molecule has 6 heteroatoms. The van der Waals surface area contributed by atoms with Crippen LogP contribution in [0.1, 0.15) is 5.56 Å². The molecule has 0 radical (unpaired) electrons. The van der Waals surface area contributed by atoms with E-state index in [4.69, 9.17) is 21.4 Å². The van der Waals surface area contributed by atoms with Crippen LogP contribution in [0, 0.1) is 12.7 Å². The van der Waals surface area contributed by atoms with E-state index in [1.807, 2.05) is 0 Å². The molecular weight excluding hydrogens is 345 g/mol. The lowest BCUT2D eigenvalue weighted by molar-refractivity contribution is 0.144. The molecule has 1 aromatic heterocycles. The first-order chi connectivity index (χ1) is 11.9. The number of benzene rings is 2. The summed E-state index contributed by atoms with van der Waals surface area (Å²) in [6.45, 7) is 1.73. The lowest BCUT2D eigenvalue weighted by atomic mass is 10.0. The van der Waals surface area contributed by atoms with Crippen molar-refractivity contribution in [3.63, 3.8) is 0 Å². The van der Waals surface area contributed by atoms with Crippen molar-refractivity contribution in [2.45, 2.75) is 6.92 Å². The number of hydrogen-bond acceptors (Lipinski definition) is 3. The smallest absolute Gasteiger partial charge is 0.449 e. The Morgan fingerprint density at radius 2 is 1.68 bits per heavy atom. The van der Waals surface area contributed by atoms with Crippen LogP contribution >= 0.6 is 11.6 Å². The van der Waals surface area contributed by atoms with Gasteiger partial charge < -0.3 is 9.84 Å². The molecule has 0 amide bonds. The maximum atomic E-state index is 13.2. The number of halogens is 2. The first-order valence-electron chi connectivity index (χ1n) is 7.38.